The Balaban J connectivity index is 0.000000440. The molecule has 0 atom stereocenters. The molecule has 0 unspecified atom stereocenters. The first-order valence-electron chi connectivity index (χ1n) is 19.4. The Morgan fingerprint density at radius 1 is 0.652 bits per heavy atom. The van der Waals surface area contributed by atoms with Gasteiger partial charge in [0.05, 0.1) is 40.2 Å². The van der Waals surface area contributed by atoms with Crippen LogP contribution in [-0.2, 0) is 34.2 Å². The molecule has 0 aliphatic rings. The molecule has 0 spiro atoms. The smallest absolute Gasteiger partial charge is 0.369 e. The number of hydrogen-bond acceptors (Lipinski definition) is 8. The third kappa shape index (κ3) is 21.8. The second-order valence-electron chi connectivity index (χ2n) is 14.9. The van der Waals surface area contributed by atoms with Crippen LogP contribution in [0, 0.1) is 39.0 Å². The zero-order valence-electron chi connectivity index (χ0n) is 38.6. The maximum Gasteiger partial charge on any atom is 0.416 e. The van der Waals surface area contributed by atoms with Gasteiger partial charge in [0.2, 0.25) is 12.3 Å². The number of benzene rings is 4. The Kier molecular flexibility index (Phi) is 22.7. The van der Waals surface area contributed by atoms with Crippen LogP contribution in [0.5, 0.6) is 0 Å². The molecule has 0 bridgehead atoms. The lowest BCUT2D eigenvalue weighted by Crippen LogP contribution is -2.30. The van der Waals surface area contributed by atoms with Crippen LogP contribution in [0.2, 0.25) is 0 Å². The summed E-state index contributed by atoms with van der Waals surface area (Å²) in [6.07, 6.45) is -15.3. The number of halogens is 12. The number of primary amides is 1. The quantitative estimate of drug-likeness (QED) is 0.0699. The van der Waals surface area contributed by atoms with E-state index in [0.29, 0.717) is 33.6 Å². The van der Waals surface area contributed by atoms with Crippen molar-refractivity contribution in [3.8, 4) is 17.5 Å². The van der Waals surface area contributed by atoms with Gasteiger partial charge in [-0.1, -0.05) is 0 Å². The summed E-state index contributed by atoms with van der Waals surface area (Å²) >= 11 is 0. The molecule has 0 saturated carbocycles. The molecule has 1 heterocycles. The number of rotatable bonds is 7. The minimum absolute atomic E-state index is 0.0346. The first-order valence-corrected chi connectivity index (χ1v) is 19.4. The average Bonchev–Trinajstić information content (AvgIpc) is 3.78. The largest absolute Gasteiger partial charge is 0.416 e. The molecule has 24 heteroatoms. The number of carbonyl (C=O) groups is 2. The van der Waals surface area contributed by atoms with Gasteiger partial charge in [-0.2, -0.15) is 68.0 Å². The molecule has 12 nitrogen and oxygen atoms in total. The third-order valence-electron chi connectivity index (χ3n) is 8.20. The van der Waals surface area contributed by atoms with Gasteiger partial charge in [-0.25, -0.2) is 4.98 Å². The zero-order chi connectivity index (χ0) is 53.2. The molecule has 1 aromatic heterocycles. The molecule has 5 aromatic rings. The number of methoxy groups -OCH3 is 2. The normalized spacial score (nSPS) is 11.5. The SMILES string of the molecule is COC(OC)N(C)C.Cc1cc(-c2ncn[nH]2)cc(C(F)(F)F)c1.Cc1cc(C#N)cc(C(F)(F)F)c1.Cc1cc(C(=O)N=CN(C)C)cc(C(F)(F)F)c1.Cc1cc(C(N)=O)cc(C(F)(F)F)c1. The highest BCUT2D eigenvalue weighted by atomic mass is 19.4. The van der Waals surface area contributed by atoms with Crippen molar-refractivity contribution < 1.29 is 71.7 Å². The molecule has 0 saturated heterocycles. The molecule has 0 aliphatic carbocycles. The van der Waals surface area contributed by atoms with Crippen LogP contribution >= 0.6 is 0 Å². The number of aromatic amines is 1. The molecular formula is C45H48F12N8O4. The topological polar surface area (TPSA) is 163 Å². The Labute approximate surface area is 389 Å². The number of nitrogens with zero attached hydrogens (tertiary/aromatic N) is 6. The summed E-state index contributed by atoms with van der Waals surface area (Å²) in [5, 5.41) is 14.6. The number of carbonyl (C=O) groups excluding carboxylic acids is 2. The van der Waals surface area contributed by atoms with E-state index in [9.17, 15) is 62.3 Å². The zero-order valence-corrected chi connectivity index (χ0v) is 38.6. The highest BCUT2D eigenvalue weighted by Crippen LogP contribution is 2.34. The molecule has 0 radical (unpaired) electrons. The van der Waals surface area contributed by atoms with E-state index < -0.39 is 58.8 Å². The number of hydrogen-bond donors (Lipinski definition) is 2. The van der Waals surface area contributed by atoms with Gasteiger partial charge in [-0.15, -0.1) is 0 Å². The maximum absolute atomic E-state index is 12.6. The van der Waals surface area contributed by atoms with E-state index in [2.05, 4.69) is 20.2 Å². The fourth-order valence-electron chi connectivity index (χ4n) is 5.36. The minimum atomic E-state index is -4.47. The number of aromatic nitrogens is 3. The maximum atomic E-state index is 12.6. The minimum Gasteiger partial charge on any atom is -0.369 e. The summed E-state index contributed by atoms with van der Waals surface area (Å²) in [5.74, 6) is -1.23. The Morgan fingerprint density at radius 3 is 1.42 bits per heavy atom. The van der Waals surface area contributed by atoms with Crippen LogP contribution < -0.4 is 5.73 Å². The predicted molar refractivity (Wildman–Crippen MR) is 231 cm³/mol. The van der Waals surface area contributed by atoms with Gasteiger partial charge in [-0.3, -0.25) is 19.6 Å². The summed E-state index contributed by atoms with van der Waals surface area (Å²) in [5.41, 5.74) is 3.64. The van der Waals surface area contributed by atoms with Crippen LogP contribution in [0.15, 0.2) is 84.1 Å². The fourth-order valence-corrected chi connectivity index (χ4v) is 5.36. The van der Waals surface area contributed by atoms with E-state index in [4.69, 9.17) is 20.5 Å². The second-order valence-corrected chi connectivity index (χ2v) is 14.9. The predicted octanol–water partition coefficient (Wildman–Crippen LogP) is 10.7. The van der Waals surface area contributed by atoms with Gasteiger partial charge in [0.25, 0.3) is 5.91 Å². The first-order chi connectivity index (χ1) is 31.6. The van der Waals surface area contributed by atoms with Gasteiger partial charge in [0.15, 0.2) is 5.82 Å². The van der Waals surface area contributed by atoms with Crippen molar-refractivity contribution in [2.45, 2.75) is 58.8 Å². The fraction of sp³-hybridized carbons (Fsp3) is 0.333. The molecule has 0 aliphatic heterocycles. The van der Waals surface area contributed by atoms with Crippen molar-refractivity contribution in [2.24, 2.45) is 10.7 Å². The number of nitrogens with two attached hydrogens (primary N) is 1. The van der Waals surface area contributed by atoms with Gasteiger partial charge < -0.3 is 20.1 Å². The molecule has 2 amide bonds. The van der Waals surface area contributed by atoms with Crippen LogP contribution in [0.25, 0.3) is 11.4 Å². The number of alkyl halides is 12. The van der Waals surface area contributed by atoms with Crippen molar-refractivity contribution in [1.29, 1.82) is 5.26 Å². The highest BCUT2D eigenvalue weighted by Gasteiger charge is 2.33. The van der Waals surface area contributed by atoms with Crippen LogP contribution in [-0.4, -0.2) is 92.0 Å². The molecule has 376 valence electrons. The Bertz CT molecular complexity index is 2510. The number of aliphatic imine (C=N–C) groups is 1. The molecule has 69 heavy (non-hydrogen) atoms. The summed E-state index contributed by atoms with van der Waals surface area (Å²) in [6.45, 7) is 6.11. The molecule has 3 N–H and O–H groups in total. The molecular weight excluding hydrogens is 945 g/mol. The van der Waals surface area contributed by atoms with Crippen molar-refractivity contribution in [3.63, 3.8) is 0 Å². The summed E-state index contributed by atoms with van der Waals surface area (Å²) in [7, 11) is 10.3. The third-order valence-corrected chi connectivity index (χ3v) is 8.20. The van der Waals surface area contributed by atoms with E-state index in [-0.39, 0.29) is 23.1 Å². The lowest BCUT2D eigenvalue weighted by Gasteiger charge is -2.19. The van der Waals surface area contributed by atoms with Gasteiger partial charge in [0.1, 0.15) is 6.33 Å². The van der Waals surface area contributed by atoms with Crippen molar-refractivity contribution in [2.75, 3.05) is 42.4 Å². The lowest BCUT2D eigenvalue weighted by molar-refractivity contribution is -0.179. The number of nitrogens with one attached hydrogen (secondary N) is 1. The van der Waals surface area contributed by atoms with E-state index in [0.717, 1.165) is 48.5 Å². The Hall–Kier alpha value is -6.84. The number of nitriles is 1. The number of aryl methyl sites for hydroxylation is 4. The van der Waals surface area contributed by atoms with E-state index >= 15 is 0 Å². The standard InChI is InChI=1S/C12H13F3N2O.C10H8F3N3.C9H8F3NO.C9H6F3N.C5H13NO2/c1-8-4-9(11(18)16-7-17(2)3)6-10(5-8)12(13,14)15;1-6-2-7(9-14-5-15-16-9)4-8(3-6)10(11,12)13;1-5-2-6(8(13)14)4-7(3-5)9(10,11)12;1-6-2-7(5-13)4-8(3-6)9(10,11)12;1-6(2)5(7-3)8-4/h4-7H,1-3H3;2-5H,1H3,(H,14,15,16);2-4H,1H3,(H2,13,14);2-4H,1H3;5H,1-4H3. The lowest BCUT2D eigenvalue weighted by atomic mass is 10.1. The van der Waals surface area contributed by atoms with Crippen LogP contribution in [0.4, 0.5) is 52.7 Å². The van der Waals surface area contributed by atoms with Crippen molar-refractivity contribution in [3.05, 3.63) is 140 Å². The van der Waals surface area contributed by atoms with Gasteiger partial charge in [0, 0.05) is 45.0 Å². The van der Waals surface area contributed by atoms with Gasteiger partial charge >= 0.3 is 24.7 Å². The number of ether oxygens (including phenoxy) is 2. The van der Waals surface area contributed by atoms with Crippen molar-refractivity contribution in [1.82, 2.24) is 25.0 Å². The van der Waals surface area contributed by atoms with E-state index in [1.165, 1.54) is 56.5 Å². The monoisotopic (exact) mass is 992 g/mol. The second kappa shape index (κ2) is 26.1. The van der Waals surface area contributed by atoms with Gasteiger partial charge in [-0.05, 0) is 137 Å². The molecule has 5 rings (SSSR count). The van der Waals surface area contributed by atoms with Crippen LogP contribution in [0.1, 0.15) is 70.8 Å². The Morgan fingerprint density at radius 2 is 1.06 bits per heavy atom. The highest BCUT2D eigenvalue weighted by molar-refractivity contribution is 5.99. The summed E-state index contributed by atoms with van der Waals surface area (Å²) in [6, 6.07) is 14.9. The van der Waals surface area contributed by atoms with E-state index in [1.54, 1.807) is 47.4 Å². The summed E-state index contributed by atoms with van der Waals surface area (Å²) < 4.78 is 158. The number of amides is 2. The molecule has 0 fully saturated rings. The van der Waals surface area contributed by atoms with Crippen molar-refractivity contribution >= 4 is 18.2 Å². The summed E-state index contributed by atoms with van der Waals surface area (Å²) in [4.78, 5) is 33.0. The number of H-pyrrole nitrogens is 1. The first kappa shape index (κ1) is 60.2. The average molecular weight is 993 g/mol. The van der Waals surface area contributed by atoms with Crippen LogP contribution in [0.3, 0.4) is 0 Å². The molecule has 4 aromatic carbocycles. The van der Waals surface area contributed by atoms with E-state index in [1.807, 2.05) is 19.0 Å².